The Labute approximate surface area is 115 Å². The molecule has 2 aromatic rings. The van der Waals surface area contributed by atoms with Crippen molar-refractivity contribution in [2.45, 2.75) is 39.7 Å². The zero-order valence-corrected chi connectivity index (χ0v) is 11.8. The topological polar surface area (TPSA) is 43.8 Å². The third kappa shape index (κ3) is 4.43. The summed E-state index contributed by atoms with van der Waals surface area (Å²) in [6.07, 6.45) is 6.91. The molecule has 0 unspecified atom stereocenters. The number of aromatic nitrogens is 2. The number of nitrogens with two attached hydrogens (primary N) is 1. The molecule has 0 amide bonds. The first-order valence-electron chi connectivity index (χ1n) is 6.99. The zero-order chi connectivity index (χ0) is 13.7. The number of benzene rings is 1. The lowest BCUT2D eigenvalue weighted by atomic mass is 10.0. The lowest BCUT2D eigenvalue weighted by molar-refractivity contribution is 0.579. The molecule has 0 fully saturated rings. The van der Waals surface area contributed by atoms with Crippen LogP contribution in [-0.4, -0.2) is 9.78 Å². The van der Waals surface area contributed by atoms with Gasteiger partial charge in [0.05, 0.1) is 11.9 Å². The van der Waals surface area contributed by atoms with Gasteiger partial charge >= 0.3 is 0 Å². The van der Waals surface area contributed by atoms with Gasteiger partial charge in [-0.3, -0.25) is 4.68 Å². The third-order valence-corrected chi connectivity index (χ3v) is 3.17. The van der Waals surface area contributed by atoms with Crippen LogP contribution in [0.4, 0.5) is 5.69 Å². The predicted molar refractivity (Wildman–Crippen MR) is 79.9 cm³/mol. The third-order valence-electron chi connectivity index (χ3n) is 3.17. The smallest absolute Gasteiger partial charge is 0.0719 e. The summed E-state index contributed by atoms with van der Waals surface area (Å²) in [5.74, 6) is 0.719. The highest BCUT2D eigenvalue weighted by molar-refractivity contribution is 5.30. The van der Waals surface area contributed by atoms with E-state index in [9.17, 15) is 0 Å². The van der Waals surface area contributed by atoms with E-state index in [2.05, 4.69) is 43.2 Å². The highest BCUT2D eigenvalue weighted by Gasteiger charge is 1.99. The summed E-state index contributed by atoms with van der Waals surface area (Å²) in [5, 5.41) is 4.19. The Bertz CT molecular complexity index is 497. The summed E-state index contributed by atoms with van der Waals surface area (Å²) in [6, 6.07) is 8.99. The molecule has 19 heavy (non-hydrogen) atoms. The number of hydrogen-bond donors (Lipinski definition) is 1. The van der Waals surface area contributed by atoms with Crippen LogP contribution in [-0.2, 0) is 19.4 Å². The number of aryl methyl sites for hydroxylation is 2. The van der Waals surface area contributed by atoms with Gasteiger partial charge in [0, 0.05) is 12.7 Å². The maximum absolute atomic E-state index is 5.63. The number of nitrogen functional groups attached to an aromatic ring is 1. The quantitative estimate of drug-likeness (QED) is 0.863. The lowest BCUT2D eigenvalue weighted by Crippen LogP contribution is -2.00. The molecular formula is C16H23N3. The minimum absolute atomic E-state index is 0.719. The molecule has 0 aliphatic rings. The zero-order valence-electron chi connectivity index (χ0n) is 11.8. The van der Waals surface area contributed by atoms with Crippen LogP contribution in [0, 0.1) is 5.92 Å². The second-order valence-corrected chi connectivity index (χ2v) is 5.55. The largest absolute Gasteiger partial charge is 0.396 e. The van der Waals surface area contributed by atoms with Crippen LogP contribution < -0.4 is 5.73 Å². The van der Waals surface area contributed by atoms with Crippen LogP contribution in [0.15, 0.2) is 36.7 Å². The van der Waals surface area contributed by atoms with E-state index in [4.69, 9.17) is 5.73 Å². The molecule has 0 aliphatic carbocycles. The van der Waals surface area contributed by atoms with Crippen molar-refractivity contribution in [3.05, 3.63) is 47.8 Å². The fourth-order valence-corrected chi connectivity index (χ4v) is 2.26. The molecule has 1 aromatic carbocycles. The Morgan fingerprint density at radius 3 is 2.42 bits per heavy atom. The first-order valence-corrected chi connectivity index (χ1v) is 6.99. The first-order chi connectivity index (χ1) is 9.13. The van der Waals surface area contributed by atoms with Crippen molar-refractivity contribution in [3.63, 3.8) is 0 Å². The normalized spacial score (nSPS) is 11.1. The van der Waals surface area contributed by atoms with Crippen molar-refractivity contribution < 1.29 is 0 Å². The summed E-state index contributed by atoms with van der Waals surface area (Å²) in [6.45, 7) is 5.43. The Morgan fingerprint density at radius 1 is 1.16 bits per heavy atom. The fraction of sp³-hybridized carbons (Fsp3) is 0.438. The van der Waals surface area contributed by atoms with E-state index in [-0.39, 0.29) is 0 Å². The molecule has 102 valence electrons. The Hall–Kier alpha value is -1.77. The van der Waals surface area contributed by atoms with Crippen LogP contribution in [0.3, 0.4) is 0 Å². The van der Waals surface area contributed by atoms with Gasteiger partial charge < -0.3 is 5.73 Å². The second kappa shape index (κ2) is 6.41. The fourth-order valence-electron chi connectivity index (χ4n) is 2.26. The monoisotopic (exact) mass is 257 g/mol. The molecular weight excluding hydrogens is 234 g/mol. The summed E-state index contributed by atoms with van der Waals surface area (Å²) >= 11 is 0. The highest BCUT2D eigenvalue weighted by atomic mass is 15.3. The summed E-state index contributed by atoms with van der Waals surface area (Å²) in [7, 11) is 0. The molecule has 0 bridgehead atoms. The van der Waals surface area contributed by atoms with E-state index in [1.807, 2.05) is 10.9 Å². The number of hydrogen-bond acceptors (Lipinski definition) is 2. The average molecular weight is 257 g/mol. The molecule has 2 N–H and O–H groups in total. The second-order valence-electron chi connectivity index (χ2n) is 5.55. The SMILES string of the molecule is CC(C)Cc1ccc(CCCn2cc(N)cn2)cc1. The van der Waals surface area contributed by atoms with E-state index < -0.39 is 0 Å². The summed E-state index contributed by atoms with van der Waals surface area (Å²) < 4.78 is 1.91. The van der Waals surface area contributed by atoms with Gasteiger partial charge in [-0.1, -0.05) is 38.1 Å². The van der Waals surface area contributed by atoms with Crippen LogP contribution >= 0.6 is 0 Å². The van der Waals surface area contributed by atoms with Gasteiger partial charge in [0.1, 0.15) is 0 Å². The molecule has 3 nitrogen and oxygen atoms in total. The molecule has 0 aliphatic heterocycles. The summed E-state index contributed by atoms with van der Waals surface area (Å²) in [4.78, 5) is 0. The van der Waals surface area contributed by atoms with Crippen molar-refractivity contribution in [2.24, 2.45) is 5.92 Å². The van der Waals surface area contributed by atoms with E-state index in [1.165, 1.54) is 11.1 Å². The van der Waals surface area contributed by atoms with Crippen molar-refractivity contribution in [1.29, 1.82) is 0 Å². The van der Waals surface area contributed by atoms with E-state index in [0.717, 1.165) is 37.4 Å². The standard InChI is InChI=1S/C16H23N3/c1-13(2)10-15-7-5-14(6-8-15)4-3-9-19-12-16(17)11-18-19/h5-8,11-13H,3-4,9-10,17H2,1-2H3. The van der Waals surface area contributed by atoms with Crippen LogP contribution in [0.1, 0.15) is 31.4 Å². The average Bonchev–Trinajstić information content (AvgIpc) is 2.77. The first kappa shape index (κ1) is 13.7. The molecule has 0 spiro atoms. The molecule has 2 rings (SSSR count). The van der Waals surface area contributed by atoms with E-state index >= 15 is 0 Å². The minimum Gasteiger partial charge on any atom is -0.396 e. The summed E-state index contributed by atoms with van der Waals surface area (Å²) in [5.41, 5.74) is 9.19. The molecule has 0 saturated heterocycles. The van der Waals surface area contributed by atoms with Gasteiger partial charge in [-0.05, 0) is 36.3 Å². The maximum atomic E-state index is 5.63. The Kier molecular flexibility index (Phi) is 4.61. The Morgan fingerprint density at radius 2 is 1.84 bits per heavy atom. The number of anilines is 1. The molecule has 0 radical (unpaired) electrons. The van der Waals surface area contributed by atoms with Gasteiger partial charge in [0.2, 0.25) is 0 Å². The van der Waals surface area contributed by atoms with Crippen molar-refractivity contribution in [3.8, 4) is 0 Å². The van der Waals surface area contributed by atoms with Crippen molar-refractivity contribution in [2.75, 3.05) is 5.73 Å². The van der Waals surface area contributed by atoms with E-state index in [0.29, 0.717) is 0 Å². The molecule has 1 aromatic heterocycles. The van der Waals surface area contributed by atoms with E-state index in [1.54, 1.807) is 6.20 Å². The number of rotatable bonds is 6. The van der Waals surface area contributed by atoms with Crippen LogP contribution in [0.25, 0.3) is 0 Å². The van der Waals surface area contributed by atoms with Gasteiger partial charge in [-0.25, -0.2) is 0 Å². The number of nitrogens with zero attached hydrogens (tertiary/aromatic N) is 2. The van der Waals surface area contributed by atoms with Crippen molar-refractivity contribution in [1.82, 2.24) is 9.78 Å². The Balaban J connectivity index is 1.79. The minimum atomic E-state index is 0.719. The lowest BCUT2D eigenvalue weighted by Gasteiger charge is -2.06. The molecule has 1 heterocycles. The van der Waals surface area contributed by atoms with Gasteiger partial charge in [0.25, 0.3) is 0 Å². The maximum Gasteiger partial charge on any atom is 0.0719 e. The molecule has 0 atom stereocenters. The van der Waals surface area contributed by atoms with Crippen molar-refractivity contribution >= 4 is 5.69 Å². The highest BCUT2D eigenvalue weighted by Crippen LogP contribution is 2.11. The van der Waals surface area contributed by atoms with Gasteiger partial charge in [-0.15, -0.1) is 0 Å². The predicted octanol–water partition coefficient (Wildman–Crippen LogP) is 3.30. The van der Waals surface area contributed by atoms with Crippen LogP contribution in [0.2, 0.25) is 0 Å². The van der Waals surface area contributed by atoms with Gasteiger partial charge in [0.15, 0.2) is 0 Å². The van der Waals surface area contributed by atoms with Crippen LogP contribution in [0.5, 0.6) is 0 Å². The van der Waals surface area contributed by atoms with Gasteiger partial charge in [-0.2, -0.15) is 5.10 Å². The molecule has 0 saturated carbocycles. The molecule has 3 heteroatoms.